The highest BCUT2D eigenvalue weighted by atomic mass is 16.5. The predicted octanol–water partition coefficient (Wildman–Crippen LogP) is 2.78. The lowest BCUT2D eigenvalue weighted by Crippen LogP contribution is -2.52. The molecule has 0 unspecified atom stereocenters. The molecular formula is C22H30N2O3. The molecule has 1 heterocycles. The van der Waals surface area contributed by atoms with Gasteiger partial charge in [0.25, 0.3) is 0 Å². The van der Waals surface area contributed by atoms with Crippen LogP contribution in [0.3, 0.4) is 0 Å². The molecule has 0 saturated carbocycles. The molecule has 0 bridgehead atoms. The normalized spacial score (nSPS) is 18.6. The number of benzene rings is 2. The van der Waals surface area contributed by atoms with Gasteiger partial charge in [0.2, 0.25) is 0 Å². The number of rotatable bonds is 7. The van der Waals surface area contributed by atoms with Crippen molar-refractivity contribution in [2.75, 3.05) is 33.4 Å². The summed E-state index contributed by atoms with van der Waals surface area (Å²) in [5.74, 6) is 1.22. The highest BCUT2D eigenvalue weighted by Crippen LogP contribution is 2.23. The van der Waals surface area contributed by atoms with Gasteiger partial charge in [-0.05, 0) is 48.2 Å². The van der Waals surface area contributed by atoms with Gasteiger partial charge >= 0.3 is 0 Å². The van der Waals surface area contributed by atoms with E-state index < -0.39 is 0 Å². The number of methoxy groups -OCH3 is 1. The summed E-state index contributed by atoms with van der Waals surface area (Å²) in [6.07, 6.45) is 0.779. The van der Waals surface area contributed by atoms with Crippen LogP contribution >= 0.6 is 0 Å². The maximum atomic E-state index is 9.53. The third-order valence-electron chi connectivity index (χ3n) is 5.34. The lowest BCUT2D eigenvalue weighted by molar-refractivity contribution is 0.0499. The highest BCUT2D eigenvalue weighted by Gasteiger charge is 2.26. The molecule has 5 nitrogen and oxygen atoms in total. The molecule has 0 amide bonds. The Kier molecular flexibility index (Phi) is 6.72. The molecule has 1 fully saturated rings. The summed E-state index contributed by atoms with van der Waals surface area (Å²) < 4.78 is 5.36. The Labute approximate surface area is 161 Å². The molecule has 5 heteroatoms. The highest BCUT2D eigenvalue weighted by molar-refractivity contribution is 5.36. The second-order valence-electron chi connectivity index (χ2n) is 7.34. The van der Waals surface area contributed by atoms with Gasteiger partial charge in [0.15, 0.2) is 0 Å². The van der Waals surface area contributed by atoms with Crippen LogP contribution in [0.1, 0.15) is 23.1 Å². The number of phenols is 1. The number of phenolic OH excluding ortho intramolecular Hbond substituents is 1. The number of aryl methyl sites for hydroxylation is 1. The fourth-order valence-electron chi connectivity index (χ4n) is 3.86. The lowest BCUT2D eigenvalue weighted by atomic mass is 10.0. The maximum Gasteiger partial charge on any atom is 0.121 e. The molecule has 2 aromatic carbocycles. The minimum atomic E-state index is 0.204. The van der Waals surface area contributed by atoms with E-state index in [2.05, 4.69) is 28.9 Å². The summed E-state index contributed by atoms with van der Waals surface area (Å²) in [4.78, 5) is 4.91. The second kappa shape index (κ2) is 9.22. The Morgan fingerprint density at radius 2 is 1.78 bits per heavy atom. The maximum absolute atomic E-state index is 9.53. The molecular weight excluding hydrogens is 340 g/mol. The predicted molar refractivity (Wildman–Crippen MR) is 107 cm³/mol. The van der Waals surface area contributed by atoms with Gasteiger partial charge in [0, 0.05) is 45.4 Å². The van der Waals surface area contributed by atoms with E-state index in [-0.39, 0.29) is 6.61 Å². The van der Waals surface area contributed by atoms with E-state index in [0.29, 0.717) is 11.8 Å². The molecule has 2 N–H and O–H groups in total. The van der Waals surface area contributed by atoms with Crippen LogP contribution in [-0.4, -0.2) is 59.4 Å². The van der Waals surface area contributed by atoms with Crippen LogP contribution < -0.4 is 4.74 Å². The van der Waals surface area contributed by atoms with Crippen molar-refractivity contribution in [2.24, 2.45) is 0 Å². The number of nitrogens with zero attached hydrogens (tertiary/aromatic N) is 2. The molecule has 1 aliphatic rings. The van der Waals surface area contributed by atoms with E-state index >= 15 is 0 Å². The van der Waals surface area contributed by atoms with Crippen molar-refractivity contribution < 1.29 is 14.9 Å². The fraction of sp³-hybridized carbons (Fsp3) is 0.455. The summed E-state index contributed by atoms with van der Waals surface area (Å²) in [5, 5.41) is 19.0. The first-order valence-electron chi connectivity index (χ1n) is 9.57. The van der Waals surface area contributed by atoms with Crippen LogP contribution in [-0.2, 0) is 13.1 Å². The first kappa shape index (κ1) is 19.7. The Bertz CT molecular complexity index is 733. The Morgan fingerprint density at radius 1 is 1.04 bits per heavy atom. The standard InChI is InChI=1S/C22H30N2O3/c1-17-13-19(5-8-22(17)27-2)15-24-11-10-23(16-20(24)9-12-25)14-18-3-6-21(26)7-4-18/h3-8,13,20,25-26H,9-12,14-16H2,1-2H3/t20-/m1/s1. The SMILES string of the molecule is COc1ccc(CN2CCN(Cc3ccc(O)cc3)C[C@H]2CCO)cc1C. The third-order valence-corrected chi connectivity index (χ3v) is 5.34. The van der Waals surface area contributed by atoms with E-state index in [9.17, 15) is 10.2 Å². The van der Waals surface area contributed by atoms with Crippen molar-refractivity contribution in [1.82, 2.24) is 9.80 Å². The topological polar surface area (TPSA) is 56.2 Å². The Balaban J connectivity index is 1.63. The van der Waals surface area contributed by atoms with Gasteiger partial charge < -0.3 is 14.9 Å². The van der Waals surface area contributed by atoms with Gasteiger partial charge in [-0.3, -0.25) is 9.80 Å². The first-order chi connectivity index (χ1) is 13.1. The monoisotopic (exact) mass is 370 g/mol. The minimum Gasteiger partial charge on any atom is -0.508 e. The lowest BCUT2D eigenvalue weighted by Gasteiger charge is -2.41. The van der Waals surface area contributed by atoms with E-state index in [1.165, 1.54) is 11.1 Å². The molecule has 3 rings (SSSR count). The number of aromatic hydroxyl groups is 1. The molecule has 0 aliphatic carbocycles. The molecule has 2 aromatic rings. The molecule has 0 aromatic heterocycles. The zero-order chi connectivity index (χ0) is 19.2. The van der Waals surface area contributed by atoms with E-state index in [1.54, 1.807) is 19.2 Å². The van der Waals surface area contributed by atoms with Crippen LogP contribution in [0.5, 0.6) is 11.5 Å². The Hall–Kier alpha value is -2.08. The molecule has 0 radical (unpaired) electrons. The summed E-state index contributed by atoms with van der Waals surface area (Å²) in [5.41, 5.74) is 3.64. The molecule has 146 valence electrons. The summed E-state index contributed by atoms with van der Waals surface area (Å²) in [7, 11) is 1.70. The average molecular weight is 370 g/mol. The zero-order valence-electron chi connectivity index (χ0n) is 16.3. The number of aliphatic hydroxyl groups is 1. The van der Waals surface area contributed by atoms with Gasteiger partial charge in [-0.25, -0.2) is 0 Å². The van der Waals surface area contributed by atoms with Gasteiger partial charge in [-0.2, -0.15) is 0 Å². The Morgan fingerprint density at radius 3 is 2.44 bits per heavy atom. The van der Waals surface area contributed by atoms with Crippen LogP contribution in [0.15, 0.2) is 42.5 Å². The van der Waals surface area contributed by atoms with Crippen LogP contribution in [0.25, 0.3) is 0 Å². The van der Waals surface area contributed by atoms with Crippen molar-refractivity contribution >= 4 is 0 Å². The summed E-state index contributed by atoms with van der Waals surface area (Å²) in [6.45, 7) is 6.96. The van der Waals surface area contributed by atoms with E-state index in [4.69, 9.17) is 4.74 Å². The van der Waals surface area contributed by atoms with E-state index in [1.807, 2.05) is 18.2 Å². The molecule has 1 atom stereocenters. The molecule has 0 spiro atoms. The molecule has 1 aliphatic heterocycles. The number of ether oxygens (including phenoxy) is 1. The average Bonchev–Trinajstić information content (AvgIpc) is 2.66. The second-order valence-corrected chi connectivity index (χ2v) is 7.34. The third kappa shape index (κ3) is 5.22. The van der Waals surface area contributed by atoms with Crippen molar-refractivity contribution in [3.05, 3.63) is 59.2 Å². The van der Waals surface area contributed by atoms with Crippen LogP contribution in [0.2, 0.25) is 0 Å². The smallest absolute Gasteiger partial charge is 0.121 e. The van der Waals surface area contributed by atoms with Gasteiger partial charge in [0.1, 0.15) is 11.5 Å². The quantitative estimate of drug-likeness (QED) is 0.785. The van der Waals surface area contributed by atoms with Gasteiger partial charge in [-0.15, -0.1) is 0 Å². The van der Waals surface area contributed by atoms with Crippen molar-refractivity contribution in [1.29, 1.82) is 0 Å². The largest absolute Gasteiger partial charge is 0.508 e. The van der Waals surface area contributed by atoms with Crippen molar-refractivity contribution in [3.63, 3.8) is 0 Å². The molecule has 1 saturated heterocycles. The number of hydrogen-bond donors (Lipinski definition) is 2. The first-order valence-corrected chi connectivity index (χ1v) is 9.57. The van der Waals surface area contributed by atoms with Crippen LogP contribution in [0, 0.1) is 6.92 Å². The van der Waals surface area contributed by atoms with E-state index in [0.717, 1.165) is 50.5 Å². The van der Waals surface area contributed by atoms with Crippen molar-refractivity contribution in [3.8, 4) is 11.5 Å². The van der Waals surface area contributed by atoms with Gasteiger partial charge in [0.05, 0.1) is 7.11 Å². The zero-order valence-corrected chi connectivity index (χ0v) is 16.3. The summed E-state index contributed by atoms with van der Waals surface area (Å²) in [6, 6.07) is 14.1. The summed E-state index contributed by atoms with van der Waals surface area (Å²) >= 11 is 0. The fourth-order valence-corrected chi connectivity index (χ4v) is 3.86. The van der Waals surface area contributed by atoms with Crippen LogP contribution in [0.4, 0.5) is 0 Å². The van der Waals surface area contributed by atoms with Crippen molar-refractivity contribution in [2.45, 2.75) is 32.5 Å². The molecule has 27 heavy (non-hydrogen) atoms. The number of aliphatic hydroxyl groups excluding tert-OH is 1. The minimum absolute atomic E-state index is 0.204. The number of piperazine rings is 1. The number of hydrogen-bond acceptors (Lipinski definition) is 5. The van der Waals surface area contributed by atoms with Gasteiger partial charge in [-0.1, -0.05) is 24.3 Å².